The van der Waals surface area contributed by atoms with Crippen LogP contribution in [0.5, 0.6) is 0 Å². The fourth-order valence-corrected chi connectivity index (χ4v) is 9.37. The van der Waals surface area contributed by atoms with Gasteiger partial charge in [-0.3, -0.25) is 9.59 Å². The lowest BCUT2D eigenvalue weighted by atomic mass is 9.81. The van der Waals surface area contributed by atoms with E-state index in [0.29, 0.717) is 19.4 Å². The van der Waals surface area contributed by atoms with E-state index >= 15 is 0 Å². The summed E-state index contributed by atoms with van der Waals surface area (Å²) < 4.78 is 99.2. The van der Waals surface area contributed by atoms with Crippen molar-refractivity contribution in [2.75, 3.05) is 65.9 Å². The number of carboxylic acid groups (broad SMARTS) is 2. The van der Waals surface area contributed by atoms with Crippen LogP contribution >= 0.6 is 0 Å². The Balaban J connectivity index is 0.000000316. The highest BCUT2D eigenvalue weighted by Crippen LogP contribution is 2.42. The first-order chi connectivity index (χ1) is 43.2. The number of aryl methyl sites for hydroxylation is 2. The van der Waals surface area contributed by atoms with Gasteiger partial charge < -0.3 is 64.6 Å². The highest BCUT2D eigenvalue weighted by atomic mass is 19.4. The number of halogens is 6. The highest BCUT2D eigenvalue weighted by Gasteiger charge is 2.40. The van der Waals surface area contributed by atoms with E-state index < -0.39 is 90.9 Å². The average molecular weight is 1300 g/mol. The van der Waals surface area contributed by atoms with E-state index in [2.05, 4.69) is 96.0 Å². The van der Waals surface area contributed by atoms with Gasteiger partial charge in [-0.25, -0.2) is 24.0 Å². The van der Waals surface area contributed by atoms with Gasteiger partial charge in [0.15, 0.2) is 0 Å². The van der Waals surface area contributed by atoms with Gasteiger partial charge in [0, 0.05) is 6.92 Å². The number of aliphatic hydroxyl groups is 2. The summed E-state index contributed by atoms with van der Waals surface area (Å²) in [4.78, 5) is 78.1. The second kappa shape index (κ2) is 34.4. The Morgan fingerprint density at radius 2 is 0.978 bits per heavy atom. The van der Waals surface area contributed by atoms with Gasteiger partial charge in [0.1, 0.15) is 49.4 Å². The molecule has 92 heavy (non-hydrogen) atoms. The molecule has 0 radical (unpaired) electrons. The number of alkyl carbamates (subject to hydrolysis) is 1. The number of carbonyl (C=O) groups excluding carboxylic acids is 5. The highest BCUT2D eigenvalue weighted by molar-refractivity contribution is 6.04. The van der Waals surface area contributed by atoms with E-state index in [1.807, 2.05) is 0 Å². The molecule has 0 saturated heterocycles. The minimum atomic E-state index is -5.08. The number of aliphatic hydroxyl groups excluding tert-OH is 2. The molecule has 27 heteroatoms. The summed E-state index contributed by atoms with van der Waals surface area (Å²) in [5, 5.41) is 48.5. The van der Waals surface area contributed by atoms with Crippen molar-refractivity contribution in [1.29, 1.82) is 5.26 Å². The molecule has 4 aliphatic carbocycles. The normalized spacial score (nSPS) is 14.2. The maximum absolute atomic E-state index is 12.5. The number of esters is 2. The van der Waals surface area contributed by atoms with Gasteiger partial charge in [0.25, 0.3) is 0 Å². The summed E-state index contributed by atoms with van der Waals surface area (Å²) in [7, 11) is 0. The van der Waals surface area contributed by atoms with Gasteiger partial charge in [-0.15, -0.1) is 0 Å². The molecule has 0 aliphatic heterocycles. The van der Waals surface area contributed by atoms with Crippen LogP contribution in [0.4, 0.5) is 40.7 Å². The number of carbonyl (C=O) groups is 7. The van der Waals surface area contributed by atoms with Crippen molar-refractivity contribution in [3.05, 3.63) is 117 Å². The van der Waals surface area contributed by atoms with Crippen molar-refractivity contribution < 1.29 is 119 Å². The van der Waals surface area contributed by atoms with Crippen LogP contribution in [0.15, 0.2) is 72.8 Å². The van der Waals surface area contributed by atoms with Crippen molar-refractivity contribution in [3.63, 3.8) is 0 Å². The Morgan fingerprint density at radius 3 is 1.34 bits per heavy atom. The minimum absolute atomic E-state index is 0.0288. The molecule has 2 unspecified atom stereocenters. The summed E-state index contributed by atoms with van der Waals surface area (Å²) in [6, 6.07) is 19.4. The number of amides is 1. The van der Waals surface area contributed by atoms with Crippen LogP contribution in [-0.2, 0) is 78.0 Å². The number of quaternary nitrogens is 1. The van der Waals surface area contributed by atoms with E-state index in [4.69, 9.17) is 58.2 Å². The third-order valence-electron chi connectivity index (χ3n) is 13.9. The van der Waals surface area contributed by atoms with Crippen molar-refractivity contribution in [3.8, 4) is 6.07 Å². The molecule has 0 spiro atoms. The number of hydrogen-bond acceptors (Lipinski definition) is 17. The molecular formula is C65H76F6N3O18+. The number of benzene rings is 4. The molecule has 0 saturated carbocycles. The molecule has 4 aliphatic rings. The summed E-state index contributed by atoms with van der Waals surface area (Å²) >= 11 is 0. The van der Waals surface area contributed by atoms with E-state index in [1.165, 1.54) is 98.0 Å². The molecule has 500 valence electrons. The number of nitrogens with one attached hydrogen (secondary N) is 1. The lowest BCUT2D eigenvalue weighted by Crippen LogP contribution is -2.53. The Kier molecular flexibility index (Phi) is 28.2. The number of rotatable bonds is 21. The monoisotopic (exact) mass is 1300 g/mol. The van der Waals surface area contributed by atoms with E-state index in [0.717, 1.165) is 38.5 Å². The lowest BCUT2D eigenvalue weighted by molar-refractivity contribution is -0.372. The van der Waals surface area contributed by atoms with E-state index in [1.54, 1.807) is 26.8 Å². The number of nitriles is 1. The largest absolute Gasteiger partial charge is 0.508 e. The molecule has 4 aromatic carbocycles. The van der Waals surface area contributed by atoms with Crippen LogP contribution < -0.4 is 11.1 Å². The number of hydrogen-bond donors (Lipinski definition) is 6. The summed E-state index contributed by atoms with van der Waals surface area (Å²) in [6.07, 6.45) is 7.52. The number of allylic oxidation sites excluding steroid dienone is 6. The van der Waals surface area contributed by atoms with Crippen molar-refractivity contribution in [2.45, 2.75) is 111 Å². The van der Waals surface area contributed by atoms with Gasteiger partial charge in [-0.1, -0.05) is 85.0 Å². The van der Waals surface area contributed by atoms with Gasteiger partial charge in [-0.2, -0.15) is 31.6 Å². The fourth-order valence-electron chi connectivity index (χ4n) is 9.37. The molecule has 0 fully saturated rings. The van der Waals surface area contributed by atoms with Gasteiger partial charge in [0.2, 0.25) is 0 Å². The van der Waals surface area contributed by atoms with Crippen molar-refractivity contribution in [1.82, 2.24) is 5.32 Å². The van der Waals surface area contributed by atoms with Crippen molar-refractivity contribution >= 4 is 87.1 Å². The smallest absolute Gasteiger partial charge is 0.475 e. The molecule has 8 rings (SSSR count). The average Bonchev–Trinajstić information content (AvgIpc) is 0.756. The van der Waals surface area contributed by atoms with E-state index in [-0.39, 0.29) is 39.6 Å². The van der Waals surface area contributed by atoms with Gasteiger partial charge in [-0.05, 0) is 163 Å². The lowest BCUT2D eigenvalue weighted by Gasteiger charge is -2.24. The Morgan fingerprint density at radius 1 is 0.587 bits per heavy atom. The predicted octanol–water partition coefficient (Wildman–Crippen LogP) is 10.2. The molecule has 0 aromatic heterocycles. The third kappa shape index (κ3) is 22.7. The molecule has 0 heterocycles. The number of carboxylic acids is 2. The van der Waals surface area contributed by atoms with Gasteiger partial charge >= 0.3 is 54.6 Å². The number of aliphatic carboxylic acids is 2. The molecule has 4 aromatic rings. The topological polar surface area (TPSA) is 328 Å². The maximum atomic E-state index is 12.5. The fraction of sp³-hybridized carbons (Fsp3) is 0.446. The molecular weight excluding hydrogens is 1220 g/mol. The first-order valence-electron chi connectivity index (χ1n) is 29.0. The SMILES string of the molecule is CC#N.CC(C)(C)OC(=O)NCCOC(=O)C(C)(CO)COC(=O)OCCCc1cc2c3c4c(ccc3c1)C=CCC4=CC2.CC(CO)(COC(=O)OCCCc1cc2c3c4c(ccc3c1)C=CCC4=CC2)C(=O)OCC[NH3+].O=C(O)C(F)(F)F.O=C(O)C(F)(F)F. The predicted molar refractivity (Wildman–Crippen MR) is 323 cm³/mol. The Hall–Kier alpha value is -9.00. The number of ether oxygens (including phenoxy) is 7. The van der Waals surface area contributed by atoms with Crippen LogP contribution in [0, 0.1) is 22.2 Å². The van der Waals surface area contributed by atoms with Crippen molar-refractivity contribution in [2.24, 2.45) is 10.8 Å². The summed E-state index contributed by atoms with van der Waals surface area (Å²) in [6.45, 7) is 8.52. The zero-order valence-corrected chi connectivity index (χ0v) is 51.7. The first kappa shape index (κ1) is 75.5. The molecule has 21 nitrogen and oxygen atoms in total. The molecule has 8 N–H and O–H groups in total. The summed E-state index contributed by atoms with van der Waals surface area (Å²) in [5.41, 5.74) is 13.3. The first-order valence-corrected chi connectivity index (χ1v) is 29.0. The summed E-state index contributed by atoms with van der Waals surface area (Å²) in [5.74, 6) is -6.91. The Labute approximate surface area is 526 Å². The molecule has 2 atom stereocenters. The number of alkyl halides is 6. The maximum Gasteiger partial charge on any atom is 0.508 e. The zero-order chi connectivity index (χ0) is 68.6. The van der Waals surface area contributed by atoms with Crippen LogP contribution in [0.1, 0.15) is 112 Å². The van der Waals surface area contributed by atoms with Crippen LogP contribution in [0.25, 0.3) is 44.8 Å². The Bertz CT molecular complexity index is 3450. The van der Waals surface area contributed by atoms with E-state index in [9.17, 15) is 60.5 Å². The molecule has 0 bridgehead atoms. The zero-order valence-electron chi connectivity index (χ0n) is 51.7. The second-order valence-corrected chi connectivity index (χ2v) is 22.6. The molecule has 1 amide bonds. The second-order valence-electron chi connectivity index (χ2n) is 22.6. The standard InChI is InChI=1S/C32H39NO8.C27H31NO6.2C2HF3O2.C2H3N/c1-31(2,3)41-29(36)33-14-16-38-28(35)32(4,19-34)20-40-30(37)39-15-6-7-21-17-24-12-10-22-8-5-9-23-11-13-25(18-21)27(24)26(22)23;1-27(16-29,25(30)32-13-11-28)17-34-26(31)33-12-3-4-18-14-21-9-7-19-5-2-6-20-8-10-22(15-18)24(21)23(19)20;2*3-2(4,5)1(6)7;1-2-3/h5,8,10-12,17-18,34H,6-7,9,13-16,19-20H2,1-4H3,(H,33,36);2,5,7-9,14-15,29H,3-4,6,10-13,16-17,28H2,1H3;2*(H,6,7);1H3/p+1. The quantitative estimate of drug-likeness (QED) is 0.0195. The van der Waals surface area contributed by atoms with Crippen LogP contribution in [-0.4, -0.2) is 147 Å². The third-order valence-corrected chi connectivity index (χ3v) is 13.9. The van der Waals surface area contributed by atoms with Gasteiger partial charge in [0.05, 0.1) is 39.0 Å². The van der Waals surface area contributed by atoms with Crippen LogP contribution in [0.2, 0.25) is 0 Å². The minimum Gasteiger partial charge on any atom is -0.475 e. The van der Waals surface area contributed by atoms with Crippen LogP contribution in [0.3, 0.4) is 0 Å². The number of nitrogens with zero attached hydrogens (tertiary/aromatic N) is 1.